The molecule has 0 aromatic heterocycles. The van der Waals surface area contributed by atoms with Crippen molar-refractivity contribution in [1.29, 1.82) is 0 Å². The maximum atomic E-state index is 13.8. The van der Waals surface area contributed by atoms with Gasteiger partial charge in [-0.2, -0.15) is 0 Å². The van der Waals surface area contributed by atoms with Crippen LogP contribution in [0.15, 0.2) is 11.1 Å². The Hall–Kier alpha value is -2.26. The first-order chi connectivity index (χ1) is 19.1. The molecule has 0 aromatic rings. The fourth-order valence-electron chi connectivity index (χ4n) is 10.8. The Morgan fingerprint density at radius 2 is 1.76 bits per heavy atom. The van der Waals surface area contributed by atoms with Crippen LogP contribution in [-0.4, -0.2) is 64.4 Å². The molecule has 9 nitrogen and oxygen atoms in total. The molecule has 10 atom stereocenters. The van der Waals surface area contributed by atoms with E-state index < -0.39 is 52.3 Å². The number of hydrogen-bond acceptors (Lipinski definition) is 9. The molecule has 41 heavy (non-hydrogen) atoms. The van der Waals surface area contributed by atoms with E-state index in [1.807, 2.05) is 13.8 Å². The maximum Gasteiger partial charge on any atom is 0.337 e. The van der Waals surface area contributed by atoms with Crippen molar-refractivity contribution in [1.82, 2.24) is 0 Å². The van der Waals surface area contributed by atoms with Gasteiger partial charge in [0.05, 0.1) is 16.6 Å². The maximum absolute atomic E-state index is 13.8. The molecule has 0 radical (unpaired) electrons. The Labute approximate surface area is 241 Å². The van der Waals surface area contributed by atoms with Gasteiger partial charge < -0.3 is 24.1 Å². The summed E-state index contributed by atoms with van der Waals surface area (Å²) in [5.41, 5.74) is -2.81. The SMILES string of the molecule is CC(=O)OCC1=C(C)C[C@H]([C@]2(C)O[C@@]34CC[C@H]2[C@@]3(C)CC[C@H]2[C@H]4C[C@@H](OC(C)=O)[C@@]3(O)CCCC(=O)[C@]23C)OC1=O. The summed E-state index contributed by atoms with van der Waals surface area (Å²) in [6, 6.07) is 0. The highest BCUT2D eigenvalue weighted by atomic mass is 16.6. The number of fused-ring (bicyclic) bond motifs is 3. The van der Waals surface area contributed by atoms with Crippen LogP contribution >= 0.6 is 0 Å². The zero-order valence-corrected chi connectivity index (χ0v) is 25.2. The lowest BCUT2D eigenvalue weighted by atomic mass is 9.41. The number of esters is 3. The van der Waals surface area contributed by atoms with Crippen molar-refractivity contribution in [3.05, 3.63) is 11.1 Å². The summed E-state index contributed by atoms with van der Waals surface area (Å²) in [5.74, 6) is -1.41. The quantitative estimate of drug-likeness (QED) is 0.393. The van der Waals surface area contributed by atoms with Crippen LogP contribution < -0.4 is 0 Å². The lowest BCUT2D eigenvalue weighted by molar-refractivity contribution is -0.283. The van der Waals surface area contributed by atoms with Crippen molar-refractivity contribution in [2.24, 2.45) is 28.6 Å². The second-order valence-electron chi connectivity index (χ2n) is 14.3. The van der Waals surface area contributed by atoms with Crippen LogP contribution in [0.1, 0.15) is 99.3 Å². The zero-order chi connectivity index (χ0) is 29.8. The van der Waals surface area contributed by atoms with E-state index in [0.717, 1.165) is 31.3 Å². The first kappa shape index (κ1) is 28.8. The molecule has 226 valence electrons. The second kappa shape index (κ2) is 9.12. The number of carbonyl (C=O) groups excluding carboxylic acids is 4. The molecule has 0 aromatic carbocycles. The molecule has 0 spiro atoms. The predicted octanol–water partition coefficient (Wildman–Crippen LogP) is 3.98. The monoisotopic (exact) mass is 572 g/mol. The third-order valence-electron chi connectivity index (χ3n) is 12.7. The van der Waals surface area contributed by atoms with Crippen molar-refractivity contribution in [3.63, 3.8) is 0 Å². The lowest BCUT2D eigenvalue weighted by Gasteiger charge is -2.65. The summed E-state index contributed by atoms with van der Waals surface area (Å²) >= 11 is 0. The Morgan fingerprint density at radius 3 is 2.41 bits per heavy atom. The largest absolute Gasteiger partial charge is 0.461 e. The van der Waals surface area contributed by atoms with Gasteiger partial charge in [0.15, 0.2) is 0 Å². The molecule has 6 rings (SSSR count). The number of hydrogen-bond donors (Lipinski definition) is 1. The molecule has 1 N–H and O–H groups in total. The molecule has 2 heterocycles. The van der Waals surface area contributed by atoms with Crippen LogP contribution in [0.3, 0.4) is 0 Å². The van der Waals surface area contributed by atoms with E-state index in [1.54, 1.807) is 0 Å². The van der Waals surface area contributed by atoms with E-state index in [1.165, 1.54) is 13.8 Å². The molecule has 0 amide bonds. The van der Waals surface area contributed by atoms with Crippen molar-refractivity contribution in [2.75, 3.05) is 6.61 Å². The predicted molar refractivity (Wildman–Crippen MR) is 145 cm³/mol. The van der Waals surface area contributed by atoms with Crippen LogP contribution in [0.25, 0.3) is 0 Å². The van der Waals surface area contributed by atoms with Gasteiger partial charge in [-0.1, -0.05) is 12.5 Å². The van der Waals surface area contributed by atoms with E-state index >= 15 is 0 Å². The molecule has 2 bridgehead atoms. The summed E-state index contributed by atoms with van der Waals surface area (Å²) in [5, 5.41) is 12.2. The summed E-state index contributed by atoms with van der Waals surface area (Å²) in [7, 11) is 0. The Kier molecular flexibility index (Phi) is 6.41. The highest BCUT2D eigenvalue weighted by Crippen LogP contribution is 2.76. The number of ketones is 1. The van der Waals surface area contributed by atoms with Gasteiger partial charge in [-0.3, -0.25) is 14.4 Å². The van der Waals surface area contributed by atoms with Crippen LogP contribution in [-0.2, 0) is 38.1 Å². The zero-order valence-electron chi connectivity index (χ0n) is 25.2. The minimum absolute atomic E-state index is 0.0516. The van der Waals surface area contributed by atoms with E-state index in [0.29, 0.717) is 37.7 Å². The van der Waals surface area contributed by atoms with Crippen molar-refractivity contribution in [3.8, 4) is 0 Å². The van der Waals surface area contributed by atoms with Crippen LogP contribution in [0.4, 0.5) is 0 Å². The molecule has 4 saturated carbocycles. The Morgan fingerprint density at radius 1 is 1.02 bits per heavy atom. The second-order valence-corrected chi connectivity index (χ2v) is 14.3. The van der Waals surface area contributed by atoms with Gasteiger partial charge in [0.2, 0.25) is 0 Å². The molecule has 9 heteroatoms. The molecule has 6 aliphatic rings. The number of aliphatic hydroxyl groups is 1. The normalized spacial score (nSPS) is 48.6. The molecule has 5 fully saturated rings. The summed E-state index contributed by atoms with van der Waals surface area (Å²) in [4.78, 5) is 50.5. The van der Waals surface area contributed by atoms with Crippen LogP contribution in [0, 0.1) is 28.6 Å². The highest BCUT2D eigenvalue weighted by molar-refractivity contribution is 5.91. The molecule has 1 saturated heterocycles. The third-order valence-corrected chi connectivity index (χ3v) is 12.7. The number of cyclic esters (lactones) is 1. The highest BCUT2D eigenvalue weighted by Gasteiger charge is 2.80. The van der Waals surface area contributed by atoms with Gasteiger partial charge in [-0.05, 0) is 83.5 Å². The molecule has 2 aliphatic heterocycles. The van der Waals surface area contributed by atoms with E-state index in [4.69, 9.17) is 18.9 Å². The standard InChI is InChI=1S/C32H44O9/c1-17-14-25(40-27(36)20(17)16-38-18(2)33)30(6)23-10-13-32(41-30)22-15-26(39-19(3)34)31(37)11-7-8-24(35)29(31,5)21(22)9-12-28(23,32)4/h21-23,25-26,37H,7-16H2,1-6H3/t21-,22+,23-,25+,26+,28+,29-,30+,31-,32+/m0/s1. The van der Waals surface area contributed by atoms with Gasteiger partial charge in [0.1, 0.15) is 35.8 Å². The van der Waals surface area contributed by atoms with Gasteiger partial charge in [0.25, 0.3) is 0 Å². The summed E-state index contributed by atoms with van der Waals surface area (Å²) in [6.07, 6.45) is 4.41. The topological polar surface area (TPSA) is 125 Å². The van der Waals surface area contributed by atoms with Gasteiger partial charge >= 0.3 is 17.9 Å². The van der Waals surface area contributed by atoms with Crippen molar-refractivity contribution < 1.29 is 43.2 Å². The number of rotatable bonds is 4. The van der Waals surface area contributed by atoms with E-state index in [9.17, 15) is 24.3 Å². The van der Waals surface area contributed by atoms with Crippen LogP contribution in [0.5, 0.6) is 0 Å². The van der Waals surface area contributed by atoms with Crippen molar-refractivity contribution in [2.45, 2.75) is 128 Å². The van der Waals surface area contributed by atoms with Gasteiger partial charge in [-0.25, -0.2) is 4.79 Å². The van der Waals surface area contributed by atoms with E-state index in [-0.39, 0.29) is 35.6 Å². The smallest absolute Gasteiger partial charge is 0.337 e. The molecular weight excluding hydrogens is 528 g/mol. The summed E-state index contributed by atoms with van der Waals surface area (Å²) in [6.45, 7) is 10.7. The average Bonchev–Trinajstić information content (AvgIpc) is 3.29. The van der Waals surface area contributed by atoms with Crippen molar-refractivity contribution >= 4 is 23.7 Å². The van der Waals surface area contributed by atoms with Crippen LogP contribution in [0.2, 0.25) is 0 Å². The molecular formula is C32H44O9. The van der Waals surface area contributed by atoms with Gasteiger partial charge in [-0.15, -0.1) is 0 Å². The van der Waals surface area contributed by atoms with E-state index in [2.05, 4.69) is 13.8 Å². The fourth-order valence-corrected chi connectivity index (χ4v) is 10.8. The Bertz CT molecular complexity index is 1240. The van der Waals surface area contributed by atoms with Gasteiger partial charge in [0, 0.05) is 32.1 Å². The number of ether oxygens (including phenoxy) is 4. The minimum Gasteiger partial charge on any atom is -0.461 e. The third kappa shape index (κ3) is 3.60. The Balaban J connectivity index is 1.38. The first-order valence-corrected chi connectivity index (χ1v) is 15.3. The molecule has 4 aliphatic carbocycles. The first-order valence-electron chi connectivity index (χ1n) is 15.3. The average molecular weight is 573 g/mol. The summed E-state index contributed by atoms with van der Waals surface area (Å²) < 4.78 is 24.3. The minimum atomic E-state index is -1.40. The molecule has 0 unspecified atom stereocenters. The lowest BCUT2D eigenvalue weighted by Crippen LogP contribution is -2.73. The number of Topliss-reactive ketones (excluding diaryl/α,β-unsaturated/α-hetero) is 1. The fraction of sp³-hybridized carbons (Fsp3) is 0.812. The number of carbonyl (C=O) groups is 4.